The predicted molar refractivity (Wildman–Crippen MR) is 68.6 cm³/mol. The van der Waals surface area contributed by atoms with E-state index in [1.165, 1.54) is 10.9 Å². The lowest BCUT2D eigenvalue weighted by Crippen LogP contribution is -2.30. The monoisotopic (exact) mass is 276 g/mol. The van der Waals surface area contributed by atoms with Gasteiger partial charge in [0.15, 0.2) is 0 Å². The van der Waals surface area contributed by atoms with Crippen molar-refractivity contribution in [2.24, 2.45) is 5.84 Å². The van der Waals surface area contributed by atoms with Crippen molar-refractivity contribution in [2.45, 2.75) is 13.5 Å². The van der Waals surface area contributed by atoms with Crippen LogP contribution in [0, 0.1) is 17.0 Å². The number of nitrogens with one attached hydrogen (secondary N) is 1. The molecule has 0 atom stereocenters. The molecule has 9 nitrogen and oxygen atoms in total. The molecule has 104 valence electrons. The maximum atomic E-state index is 11.2. The van der Waals surface area contributed by atoms with Gasteiger partial charge in [0.05, 0.1) is 28.1 Å². The van der Waals surface area contributed by atoms with E-state index in [2.05, 4.69) is 10.1 Å². The van der Waals surface area contributed by atoms with Crippen LogP contribution in [0.3, 0.4) is 0 Å². The van der Waals surface area contributed by atoms with Gasteiger partial charge < -0.3 is 10.1 Å². The van der Waals surface area contributed by atoms with E-state index in [0.717, 1.165) is 0 Å². The van der Waals surface area contributed by atoms with E-state index in [-0.39, 0.29) is 12.4 Å². The number of pyridine rings is 1. The van der Waals surface area contributed by atoms with E-state index in [1.807, 2.05) is 5.43 Å². The van der Waals surface area contributed by atoms with Crippen molar-refractivity contribution >= 4 is 11.7 Å². The minimum atomic E-state index is -0.534. The first-order chi connectivity index (χ1) is 9.51. The summed E-state index contributed by atoms with van der Waals surface area (Å²) in [6.45, 7) is 1.89. The van der Waals surface area contributed by atoms with E-state index in [4.69, 9.17) is 5.84 Å². The van der Waals surface area contributed by atoms with E-state index < -0.39 is 10.8 Å². The zero-order valence-electron chi connectivity index (χ0n) is 10.6. The van der Waals surface area contributed by atoms with Gasteiger partial charge in [0.25, 0.3) is 5.91 Å². The molecule has 9 heteroatoms. The van der Waals surface area contributed by atoms with Crippen molar-refractivity contribution in [1.82, 2.24) is 20.2 Å². The van der Waals surface area contributed by atoms with Gasteiger partial charge in [0.2, 0.25) is 0 Å². The molecular weight excluding hydrogens is 264 g/mol. The molecule has 0 saturated carbocycles. The summed E-state index contributed by atoms with van der Waals surface area (Å²) in [5.74, 6) is 4.40. The molecule has 0 aliphatic rings. The molecular formula is C11H12N6O3. The third-order valence-corrected chi connectivity index (χ3v) is 2.63. The zero-order chi connectivity index (χ0) is 14.7. The number of rotatable bonds is 4. The summed E-state index contributed by atoms with van der Waals surface area (Å²) in [7, 11) is 0. The second kappa shape index (κ2) is 5.45. The molecule has 2 heterocycles. The topological polar surface area (TPSA) is 129 Å². The molecule has 0 fully saturated rings. The normalized spacial score (nSPS) is 10.3. The number of nitrogens with two attached hydrogens (primary N) is 1. The molecule has 1 amide bonds. The van der Waals surface area contributed by atoms with Gasteiger partial charge in [-0.25, -0.2) is 5.84 Å². The molecule has 2 aromatic heterocycles. The molecule has 0 aliphatic carbocycles. The number of amides is 1. The van der Waals surface area contributed by atoms with Gasteiger partial charge in [-0.2, -0.15) is 4.68 Å². The Hall–Kier alpha value is -2.81. The van der Waals surface area contributed by atoms with Crippen LogP contribution in [-0.4, -0.2) is 25.6 Å². The third-order valence-electron chi connectivity index (χ3n) is 2.63. The molecule has 0 bridgehead atoms. The standard InChI is InChI=1S/C11H12N6O3/c1-7-5-16(15-10(7)17(19)20)6-9-3-2-8(4-13-9)11(18)14-12/h2-5H,6,12H2,1H3,(H,14,18). The van der Waals surface area contributed by atoms with Crippen molar-refractivity contribution in [3.8, 4) is 0 Å². The molecule has 0 aromatic carbocycles. The lowest BCUT2D eigenvalue weighted by Gasteiger charge is -2.01. The molecule has 0 radical (unpaired) electrons. The number of nitro groups is 1. The van der Waals surface area contributed by atoms with Crippen LogP contribution < -0.4 is 11.3 Å². The lowest BCUT2D eigenvalue weighted by molar-refractivity contribution is -0.390. The van der Waals surface area contributed by atoms with Crippen molar-refractivity contribution in [3.63, 3.8) is 0 Å². The largest absolute Gasteiger partial charge is 0.392 e. The molecule has 20 heavy (non-hydrogen) atoms. The van der Waals surface area contributed by atoms with Crippen LogP contribution in [0.15, 0.2) is 24.5 Å². The SMILES string of the molecule is Cc1cn(Cc2ccc(C(=O)NN)cn2)nc1[N+](=O)[O-]. The third kappa shape index (κ3) is 2.78. The van der Waals surface area contributed by atoms with E-state index >= 15 is 0 Å². The highest BCUT2D eigenvalue weighted by Crippen LogP contribution is 2.14. The number of hydrogen-bond acceptors (Lipinski definition) is 6. The van der Waals surface area contributed by atoms with Gasteiger partial charge >= 0.3 is 5.82 Å². The molecule has 2 rings (SSSR count). The second-order valence-corrected chi connectivity index (χ2v) is 4.10. The van der Waals surface area contributed by atoms with Crippen LogP contribution in [0.25, 0.3) is 0 Å². The van der Waals surface area contributed by atoms with E-state index in [0.29, 0.717) is 16.8 Å². The lowest BCUT2D eigenvalue weighted by atomic mass is 10.2. The fourth-order valence-electron chi connectivity index (χ4n) is 1.67. The minimum Gasteiger partial charge on any atom is -0.358 e. The maximum Gasteiger partial charge on any atom is 0.392 e. The summed E-state index contributed by atoms with van der Waals surface area (Å²) < 4.78 is 1.43. The molecule has 0 unspecified atom stereocenters. The van der Waals surface area contributed by atoms with Crippen LogP contribution >= 0.6 is 0 Å². The maximum absolute atomic E-state index is 11.2. The quantitative estimate of drug-likeness (QED) is 0.354. The van der Waals surface area contributed by atoms with Crippen molar-refractivity contribution < 1.29 is 9.72 Å². The Labute approximate surface area is 113 Å². The van der Waals surface area contributed by atoms with E-state index in [9.17, 15) is 14.9 Å². The average molecular weight is 276 g/mol. The molecule has 0 spiro atoms. The number of nitrogen functional groups attached to an aromatic ring is 1. The number of aromatic nitrogens is 3. The summed E-state index contributed by atoms with van der Waals surface area (Å²) in [6.07, 6.45) is 2.95. The number of carbonyl (C=O) groups is 1. The highest BCUT2D eigenvalue weighted by molar-refractivity contribution is 5.93. The first-order valence-corrected chi connectivity index (χ1v) is 5.65. The Balaban J connectivity index is 2.16. The Morgan fingerprint density at radius 3 is 2.80 bits per heavy atom. The smallest absolute Gasteiger partial charge is 0.358 e. The summed E-state index contributed by atoms with van der Waals surface area (Å²) in [5, 5.41) is 14.6. The van der Waals surface area contributed by atoms with Crippen molar-refractivity contribution in [2.75, 3.05) is 0 Å². The Morgan fingerprint density at radius 2 is 2.30 bits per heavy atom. The minimum absolute atomic E-state index is 0.177. The van der Waals surface area contributed by atoms with Crippen LogP contribution in [0.4, 0.5) is 5.82 Å². The summed E-state index contributed by atoms with van der Waals surface area (Å²) in [5.41, 5.74) is 3.44. The predicted octanol–water partition coefficient (Wildman–Crippen LogP) is 0.147. The number of hydrazine groups is 1. The number of nitrogens with zero attached hydrogens (tertiary/aromatic N) is 4. The number of carbonyl (C=O) groups excluding carboxylic acids is 1. The van der Waals surface area contributed by atoms with Gasteiger partial charge in [-0.05, 0) is 24.0 Å². The fraction of sp³-hybridized carbons (Fsp3) is 0.182. The molecule has 0 saturated heterocycles. The van der Waals surface area contributed by atoms with Crippen LogP contribution in [0.5, 0.6) is 0 Å². The molecule has 0 aliphatic heterocycles. The second-order valence-electron chi connectivity index (χ2n) is 4.10. The average Bonchev–Trinajstić information content (AvgIpc) is 2.79. The van der Waals surface area contributed by atoms with Crippen molar-refractivity contribution in [3.05, 3.63) is 51.5 Å². The highest BCUT2D eigenvalue weighted by atomic mass is 16.6. The van der Waals surface area contributed by atoms with Gasteiger partial charge in [0.1, 0.15) is 6.54 Å². The Bertz CT molecular complexity index is 649. The first-order valence-electron chi connectivity index (χ1n) is 5.65. The van der Waals surface area contributed by atoms with Crippen LogP contribution in [0.2, 0.25) is 0 Å². The van der Waals surface area contributed by atoms with Gasteiger partial charge in [0, 0.05) is 6.20 Å². The summed E-state index contributed by atoms with van der Waals surface area (Å²) in [4.78, 5) is 25.5. The number of hydrogen-bond donors (Lipinski definition) is 2. The Morgan fingerprint density at radius 1 is 1.55 bits per heavy atom. The Kier molecular flexibility index (Phi) is 3.71. The van der Waals surface area contributed by atoms with Gasteiger partial charge in [-0.15, -0.1) is 0 Å². The van der Waals surface area contributed by atoms with Crippen LogP contribution in [0.1, 0.15) is 21.6 Å². The van der Waals surface area contributed by atoms with Crippen molar-refractivity contribution in [1.29, 1.82) is 0 Å². The van der Waals surface area contributed by atoms with Gasteiger partial charge in [-0.1, -0.05) is 0 Å². The highest BCUT2D eigenvalue weighted by Gasteiger charge is 2.17. The molecule has 3 N–H and O–H groups in total. The first kappa shape index (κ1) is 13.6. The van der Waals surface area contributed by atoms with E-state index in [1.54, 1.807) is 25.3 Å². The number of aryl methyl sites for hydroxylation is 1. The van der Waals surface area contributed by atoms with Gasteiger partial charge in [-0.3, -0.25) is 15.2 Å². The fourth-order valence-corrected chi connectivity index (χ4v) is 1.67. The van der Waals surface area contributed by atoms with Crippen LogP contribution in [-0.2, 0) is 6.54 Å². The summed E-state index contributed by atoms with van der Waals surface area (Å²) >= 11 is 0. The zero-order valence-corrected chi connectivity index (χ0v) is 10.6. The molecule has 2 aromatic rings. The summed E-state index contributed by atoms with van der Waals surface area (Å²) in [6, 6.07) is 3.20.